The lowest BCUT2D eigenvalue weighted by Gasteiger charge is -2.17. The molecule has 0 saturated carbocycles. The van der Waals surface area contributed by atoms with E-state index < -0.39 is 0 Å². The molecule has 80 valence electrons. The number of methoxy groups -OCH3 is 1. The molecule has 2 aliphatic heterocycles. The van der Waals surface area contributed by atoms with Crippen LogP contribution in [0.4, 0.5) is 0 Å². The minimum Gasteiger partial charge on any atom is -0.387 e. The highest BCUT2D eigenvalue weighted by molar-refractivity contribution is 5.83. The molecule has 0 aromatic heterocycles. The van der Waals surface area contributed by atoms with Crippen LogP contribution in [0.15, 0.2) is 4.99 Å². The second-order valence-corrected chi connectivity index (χ2v) is 4.02. The van der Waals surface area contributed by atoms with Gasteiger partial charge in [0.1, 0.15) is 0 Å². The van der Waals surface area contributed by atoms with Crippen LogP contribution in [0.25, 0.3) is 0 Å². The Bertz CT molecular complexity index is 230. The van der Waals surface area contributed by atoms with E-state index in [9.17, 15) is 0 Å². The molecule has 2 saturated heterocycles. The minimum absolute atomic E-state index is 0.339. The summed E-state index contributed by atoms with van der Waals surface area (Å²) in [6.45, 7) is 1.30. The van der Waals surface area contributed by atoms with Gasteiger partial charge in [0.25, 0.3) is 0 Å². The average molecular weight is 198 g/mol. The summed E-state index contributed by atoms with van der Waals surface area (Å²) in [6, 6.07) is 0. The van der Waals surface area contributed by atoms with E-state index in [0.717, 1.165) is 18.7 Å². The van der Waals surface area contributed by atoms with Crippen LogP contribution in [0.3, 0.4) is 0 Å². The van der Waals surface area contributed by atoms with Crippen LogP contribution in [-0.2, 0) is 9.47 Å². The monoisotopic (exact) mass is 198 g/mol. The molecular formula is C10H18N2O2. The summed E-state index contributed by atoms with van der Waals surface area (Å²) < 4.78 is 10.6. The minimum atomic E-state index is 0.339. The summed E-state index contributed by atoms with van der Waals surface area (Å²) in [5.74, 6) is 1.12. The van der Waals surface area contributed by atoms with E-state index in [1.165, 1.54) is 6.42 Å². The number of rotatable bonds is 4. The van der Waals surface area contributed by atoms with Crippen molar-refractivity contribution in [2.24, 2.45) is 16.6 Å². The first-order valence-corrected chi connectivity index (χ1v) is 5.25. The van der Waals surface area contributed by atoms with E-state index in [4.69, 9.17) is 15.2 Å². The van der Waals surface area contributed by atoms with Crippen LogP contribution in [0, 0.1) is 5.92 Å². The molecule has 0 aromatic carbocycles. The van der Waals surface area contributed by atoms with E-state index in [0.29, 0.717) is 31.3 Å². The summed E-state index contributed by atoms with van der Waals surface area (Å²) in [7, 11) is 1.67. The van der Waals surface area contributed by atoms with Crippen LogP contribution in [-0.4, -0.2) is 38.3 Å². The highest BCUT2D eigenvalue weighted by Gasteiger charge is 2.42. The van der Waals surface area contributed by atoms with E-state index in [1.807, 2.05) is 0 Å². The fraction of sp³-hybridized carbons (Fsp3) is 0.900. The Hall–Kier alpha value is -0.610. The molecule has 2 fully saturated rings. The molecule has 0 amide bonds. The molecule has 0 radical (unpaired) electrons. The zero-order valence-corrected chi connectivity index (χ0v) is 8.61. The summed E-state index contributed by atoms with van der Waals surface area (Å²) in [5.41, 5.74) is 5.92. The molecule has 0 aromatic rings. The highest BCUT2D eigenvalue weighted by Crippen LogP contribution is 2.38. The van der Waals surface area contributed by atoms with E-state index in [2.05, 4.69) is 4.99 Å². The van der Waals surface area contributed by atoms with Gasteiger partial charge in [-0.05, 0) is 19.3 Å². The van der Waals surface area contributed by atoms with Gasteiger partial charge in [-0.15, -0.1) is 0 Å². The number of hydrogen-bond donors (Lipinski definition) is 1. The predicted octanol–water partition coefficient (Wildman–Crippen LogP) is 0.557. The standard InChI is InChI=1S/C10H18N2O2/c1-13-5-4-12-10(11)8-6-7-2-3-9(8)14-7/h7-9H,2-6H2,1H3,(H2,11,12). The Balaban J connectivity index is 1.86. The Morgan fingerprint density at radius 2 is 2.43 bits per heavy atom. The summed E-state index contributed by atoms with van der Waals surface area (Å²) in [6.07, 6.45) is 4.20. The van der Waals surface area contributed by atoms with Gasteiger partial charge in [0.15, 0.2) is 0 Å². The Labute approximate surface area is 84.5 Å². The maximum Gasteiger partial charge on any atom is 0.0996 e. The molecule has 4 nitrogen and oxygen atoms in total. The number of aliphatic imine (C=N–C) groups is 1. The number of nitrogens with zero attached hydrogens (tertiary/aromatic N) is 1. The van der Waals surface area contributed by atoms with Crippen molar-refractivity contribution in [3.63, 3.8) is 0 Å². The summed E-state index contributed by atoms with van der Waals surface area (Å²) >= 11 is 0. The Morgan fingerprint density at radius 3 is 3.00 bits per heavy atom. The van der Waals surface area contributed by atoms with E-state index >= 15 is 0 Å². The van der Waals surface area contributed by atoms with Gasteiger partial charge in [0.2, 0.25) is 0 Å². The van der Waals surface area contributed by atoms with Gasteiger partial charge >= 0.3 is 0 Å². The topological polar surface area (TPSA) is 56.8 Å². The van der Waals surface area contributed by atoms with Gasteiger partial charge in [-0.25, -0.2) is 0 Å². The van der Waals surface area contributed by atoms with Crippen molar-refractivity contribution < 1.29 is 9.47 Å². The number of nitrogens with two attached hydrogens (primary N) is 1. The molecule has 2 rings (SSSR count). The molecule has 3 atom stereocenters. The van der Waals surface area contributed by atoms with Crippen LogP contribution in [0.1, 0.15) is 19.3 Å². The molecule has 2 N–H and O–H groups in total. The summed E-state index contributed by atoms with van der Waals surface area (Å²) in [4.78, 5) is 4.30. The van der Waals surface area contributed by atoms with Crippen molar-refractivity contribution in [1.82, 2.24) is 0 Å². The maximum atomic E-state index is 5.92. The smallest absolute Gasteiger partial charge is 0.0996 e. The number of amidine groups is 1. The van der Waals surface area contributed by atoms with Gasteiger partial charge in [-0.2, -0.15) is 0 Å². The van der Waals surface area contributed by atoms with Crippen LogP contribution in [0.2, 0.25) is 0 Å². The van der Waals surface area contributed by atoms with E-state index in [1.54, 1.807) is 7.11 Å². The van der Waals surface area contributed by atoms with Crippen LogP contribution < -0.4 is 5.73 Å². The molecule has 2 heterocycles. The van der Waals surface area contributed by atoms with Gasteiger partial charge in [0.05, 0.1) is 31.2 Å². The molecule has 4 heteroatoms. The first-order chi connectivity index (χ1) is 6.81. The molecule has 3 unspecified atom stereocenters. The second kappa shape index (κ2) is 4.28. The third-order valence-corrected chi connectivity index (χ3v) is 3.08. The van der Waals surface area contributed by atoms with Crippen LogP contribution >= 0.6 is 0 Å². The first kappa shape index (κ1) is 9.93. The second-order valence-electron chi connectivity index (χ2n) is 4.02. The number of fused-ring (bicyclic) bond motifs is 2. The van der Waals surface area contributed by atoms with Crippen molar-refractivity contribution in [1.29, 1.82) is 0 Å². The van der Waals surface area contributed by atoms with E-state index in [-0.39, 0.29) is 0 Å². The van der Waals surface area contributed by atoms with Gasteiger partial charge in [-0.1, -0.05) is 0 Å². The lowest BCUT2D eigenvalue weighted by molar-refractivity contribution is 0.0994. The van der Waals surface area contributed by atoms with Gasteiger partial charge < -0.3 is 15.2 Å². The SMILES string of the molecule is COCCN=C(N)C1CC2CCC1O2. The number of ether oxygens (including phenoxy) is 2. The largest absolute Gasteiger partial charge is 0.387 e. The third kappa shape index (κ3) is 1.91. The fourth-order valence-electron chi connectivity index (χ4n) is 2.33. The van der Waals surface area contributed by atoms with Crippen molar-refractivity contribution >= 4 is 5.84 Å². The molecule has 2 bridgehead atoms. The van der Waals surface area contributed by atoms with Crippen molar-refractivity contribution in [2.45, 2.75) is 31.5 Å². The first-order valence-electron chi connectivity index (χ1n) is 5.25. The highest BCUT2D eigenvalue weighted by atomic mass is 16.5. The van der Waals surface area contributed by atoms with Crippen molar-refractivity contribution in [3.8, 4) is 0 Å². The fourth-order valence-corrected chi connectivity index (χ4v) is 2.33. The molecule has 2 aliphatic rings. The molecule has 14 heavy (non-hydrogen) atoms. The lowest BCUT2D eigenvalue weighted by Crippen LogP contribution is -2.32. The maximum absolute atomic E-state index is 5.92. The zero-order chi connectivity index (χ0) is 9.97. The normalized spacial score (nSPS) is 36.6. The Morgan fingerprint density at radius 1 is 1.57 bits per heavy atom. The lowest BCUT2D eigenvalue weighted by atomic mass is 9.88. The van der Waals surface area contributed by atoms with Crippen LogP contribution in [0.5, 0.6) is 0 Å². The van der Waals surface area contributed by atoms with Crippen molar-refractivity contribution in [3.05, 3.63) is 0 Å². The molecule has 0 aliphatic carbocycles. The van der Waals surface area contributed by atoms with Gasteiger partial charge in [-0.3, -0.25) is 4.99 Å². The molecular weight excluding hydrogens is 180 g/mol. The van der Waals surface area contributed by atoms with Gasteiger partial charge in [0, 0.05) is 13.0 Å². The molecule has 0 spiro atoms. The third-order valence-electron chi connectivity index (χ3n) is 3.08. The summed E-state index contributed by atoms with van der Waals surface area (Å²) in [5, 5.41) is 0. The zero-order valence-electron chi connectivity index (χ0n) is 8.61. The number of hydrogen-bond acceptors (Lipinski definition) is 3. The predicted molar refractivity (Wildman–Crippen MR) is 54.4 cm³/mol. The quantitative estimate of drug-likeness (QED) is 0.408. The Kier molecular flexibility index (Phi) is 3.03. The average Bonchev–Trinajstić information content (AvgIpc) is 2.79. The van der Waals surface area contributed by atoms with Crippen molar-refractivity contribution in [2.75, 3.05) is 20.3 Å².